The molecule has 0 radical (unpaired) electrons. The van der Waals surface area contributed by atoms with E-state index in [-0.39, 0.29) is 36.4 Å². The molecule has 1 aliphatic heterocycles. The van der Waals surface area contributed by atoms with Crippen molar-refractivity contribution in [3.8, 4) is 0 Å². The van der Waals surface area contributed by atoms with Crippen molar-refractivity contribution in [3.63, 3.8) is 0 Å². The van der Waals surface area contributed by atoms with E-state index >= 15 is 0 Å². The molecule has 1 saturated heterocycles. The number of ketones is 1. The maximum atomic E-state index is 14.6. The van der Waals surface area contributed by atoms with Gasteiger partial charge in [0.2, 0.25) is 0 Å². The SMILES string of the molecule is NC(=O)n1cc(NC(=O)N2CC[C@@H](F)[C@H]2C(=O)CCc2cccc(Cl)c2F)c2ccccc21. The Morgan fingerprint density at radius 3 is 2.67 bits per heavy atom. The maximum absolute atomic E-state index is 14.6. The van der Waals surface area contributed by atoms with Crippen LogP contribution in [0.2, 0.25) is 5.02 Å². The van der Waals surface area contributed by atoms with Gasteiger partial charge in [-0.15, -0.1) is 0 Å². The number of nitrogens with two attached hydrogens (primary N) is 1. The topological polar surface area (TPSA) is 97.4 Å². The van der Waals surface area contributed by atoms with Crippen LogP contribution >= 0.6 is 11.6 Å². The van der Waals surface area contributed by atoms with Gasteiger partial charge in [0, 0.05) is 24.5 Å². The number of hydrogen-bond donors (Lipinski definition) is 2. The van der Waals surface area contributed by atoms with E-state index in [1.165, 1.54) is 22.9 Å². The number of primary amides is 1. The monoisotopic (exact) mass is 474 g/mol. The van der Waals surface area contributed by atoms with E-state index in [9.17, 15) is 23.2 Å². The lowest BCUT2D eigenvalue weighted by Crippen LogP contribution is -2.46. The van der Waals surface area contributed by atoms with E-state index in [0.717, 1.165) is 4.90 Å². The highest BCUT2D eigenvalue weighted by atomic mass is 35.5. The first-order valence-corrected chi connectivity index (χ1v) is 10.7. The summed E-state index contributed by atoms with van der Waals surface area (Å²) in [6, 6.07) is 8.63. The lowest BCUT2D eigenvalue weighted by molar-refractivity contribution is -0.123. The largest absolute Gasteiger partial charge is 0.351 e. The predicted molar refractivity (Wildman–Crippen MR) is 121 cm³/mol. The highest BCUT2D eigenvalue weighted by Crippen LogP contribution is 2.29. The number of anilines is 1. The van der Waals surface area contributed by atoms with Crippen LogP contribution in [0.25, 0.3) is 10.9 Å². The number of para-hydroxylation sites is 1. The Kier molecular flexibility index (Phi) is 6.33. The molecule has 0 aliphatic carbocycles. The fourth-order valence-electron chi connectivity index (χ4n) is 4.15. The second-order valence-corrected chi connectivity index (χ2v) is 8.23. The lowest BCUT2D eigenvalue weighted by atomic mass is 10.0. The van der Waals surface area contributed by atoms with E-state index in [1.54, 1.807) is 30.3 Å². The number of aromatic nitrogens is 1. The highest BCUT2D eigenvalue weighted by Gasteiger charge is 2.42. The molecule has 1 fully saturated rings. The number of alkyl halides is 1. The quantitative estimate of drug-likeness (QED) is 0.569. The van der Waals surface area contributed by atoms with Crippen LogP contribution in [0.5, 0.6) is 0 Å². The van der Waals surface area contributed by atoms with Gasteiger partial charge in [-0.05, 0) is 30.5 Å². The molecule has 2 aromatic carbocycles. The summed E-state index contributed by atoms with van der Waals surface area (Å²) in [7, 11) is 0. The average molecular weight is 475 g/mol. The fraction of sp³-hybridized carbons (Fsp3) is 0.261. The Labute approximate surface area is 193 Å². The van der Waals surface area contributed by atoms with Crippen LogP contribution < -0.4 is 11.1 Å². The number of likely N-dealkylation sites (tertiary alicyclic amines) is 1. The molecule has 2 atom stereocenters. The minimum atomic E-state index is -1.53. The van der Waals surface area contributed by atoms with Gasteiger partial charge >= 0.3 is 12.1 Å². The number of aryl methyl sites for hydroxylation is 1. The molecule has 3 aromatic rings. The van der Waals surface area contributed by atoms with Gasteiger partial charge in [0.05, 0.1) is 16.2 Å². The van der Waals surface area contributed by atoms with Crippen molar-refractivity contribution in [2.24, 2.45) is 5.73 Å². The summed E-state index contributed by atoms with van der Waals surface area (Å²) in [5.74, 6) is -1.12. The number of carbonyl (C=O) groups is 3. The molecular formula is C23H21ClF2N4O3. The number of halogens is 3. The number of nitrogens with zero attached hydrogens (tertiary/aromatic N) is 2. The van der Waals surface area contributed by atoms with Crippen LogP contribution in [0.4, 0.5) is 24.1 Å². The average Bonchev–Trinajstić information content (AvgIpc) is 3.35. The number of benzene rings is 2. The van der Waals surface area contributed by atoms with E-state index in [1.807, 2.05) is 0 Å². The first kappa shape index (κ1) is 22.7. The molecule has 3 N–H and O–H groups in total. The Morgan fingerprint density at radius 1 is 1.15 bits per heavy atom. The zero-order valence-corrected chi connectivity index (χ0v) is 18.2. The third kappa shape index (κ3) is 4.41. The van der Waals surface area contributed by atoms with E-state index < -0.39 is 35.9 Å². The van der Waals surface area contributed by atoms with Gasteiger partial charge in [-0.25, -0.2) is 18.4 Å². The molecule has 0 unspecified atom stereocenters. The number of Topliss-reactive ketones (excluding diaryl/α,β-unsaturated/α-hetero) is 1. The minimum absolute atomic E-state index is 0.0123. The Morgan fingerprint density at radius 2 is 1.91 bits per heavy atom. The second-order valence-electron chi connectivity index (χ2n) is 7.82. The number of fused-ring (bicyclic) bond motifs is 1. The number of rotatable bonds is 5. The number of nitrogens with one attached hydrogen (secondary N) is 1. The zero-order chi connectivity index (χ0) is 23.7. The van der Waals surface area contributed by atoms with E-state index in [4.69, 9.17) is 17.3 Å². The van der Waals surface area contributed by atoms with E-state index in [0.29, 0.717) is 16.6 Å². The second kappa shape index (κ2) is 9.19. The Bertz CT molecular complexity index is 1250. The van der Waals surface area contributed by atoms with Crippen LogP contribution in [-0.4, -0.2) is 46.1 Å². The number of urea groups is 1. The predicted octanol–water partition coefficient (Wildman–Crippen LogP) is 4.51. The van der Waals surface area contributed by atoms with Gasteiger partial charge in [-0.2, -0.15) is 0 Å². The molecule has 0 saturated carbocycles. The summed E-state index contributed by atoms with van der Waals surface area (Å²) in [6.45, 7) is 0.0450. The standard InChI is InChI=1S/C23H21ClF2N4O3/c24-15-6-3-4-13(20(15)26)8-9-19(31)21-16(25)10-11-29(21)23(33)28-17-12-30(22(27)32)18-7-2-1-5-14(17)18/h1-7,12,16,21H,8-11H2,(H2,27,32)(H,28,33)/t16-,21+/m1/s1. The van der Waals surface area contributed by atoms with Crippen molar-refractivity contribution in [2.75, 3.05) is 11.9 Å². The molecule has 0 spiro atoms. The van der Waals surface area contributed by atoms with Crippen molar-refractivity contribution in [3.05, 3.63) is 65.1 Å². The third-order valence-electron chi connectivity index (χ3n) is 5.78. The number of carbonyl (C=O) groups excluding carboxylic acids is 3. The highest BCUT2D eigenvalue weighted by molar-refractivity contribution is 6.30. The van der Waals surface area contributed by atoms with Gasteiger partial charge in [-0.1, -0.05) is 41.9 Å². The van der Waals surface area contributed by atoms with Crippen LogP contribution in [0, 0.1) is 5.82 Å². The van der Waals surface area contributed by atoms with Gasteiger partial charge in [0.25, 0.3) is 0 Å². The molecule has 0 bridgehead atoms. The van der Waals surface area contributed by atoms with Crippen LogP contribution in [-0.2, 0) is 11.2 Å². The van der Waals surface area contributed by atoms with E-state index in [2.05, 4.69) is 5.32 Å². The molecule has 2 heterocycles. The van der Waals surface area contributed by atoms with Gasteiger partial charge in [-0.3, -0.25) is 9.36 Å². The van der Waals surface area contributed by atoms with Gasteiger partial charge in [0.1, 0.15) is 18.0 Å². The zero-order valence-electron chi connectivity index (χ0n) is 17.4. The number of hydrogen-bond acceptors (Lipinski definition) is 3. The molecule has 7 nitrogen and oxygen atoms in total. The third-order valence-corrected chi connectivity index (χ3v) is 6.07. The molecule has 4 rings (SSSR count). The van der Waals surface area contributed by atoms with Crippen LogP contribution in [0.1, 0.15) is 18.4 Å². The van der Waals surface area contributed by atoms with Gasteiger partial charge < -0.3 is 16.0 Å². The Hall–Kier alpha value is -3.46. The first-order chi connectivity index (χ1) is 15.8. The first-order valence-electron chi connectivity index (χ1n) is 10.3. The van der Waals surface area contributed by atoms with Crippen molar-refractivity contribution in [2.45, 2.75) is 31.5 Å². The van der Waals surface area contributed by atoms with Crippen LogP contribution in [0.15, 0.2) is 48.7 Å². The summed E-state index contributed by atoms with van der Waals surface area (Å²) < 4.78 is 29.9. The lowest BCUT2D eigenvalue weighted by Gasteiger charge is -2.24. The summed E-state index contributed by atoms with van der Waals surface area (Å²) in [5.41, 5.74) is 6.46. The summed E-state index contributed by atoms with van der Waals surface area (Å²) >= 11 is 5.77. The molecule has 1 aromatic heterocycles. The summed E-state index contributed by atoms with van der Waals surface area (Å²) in [5, 5.41) is 3.17. The smallest absolute Gasteiger partial charge is 0.323 e. The fourth-order valence-corrected chi connectivity index (χ4v) is 4.35. The normalized spacial score (nSPS) is 18.0. The van der Waals surface area contributed by atoms with Crippen molar-refractivity contribution in [1.29, 1.82) is 0 Å². The molecule has 3 amide bonds. The van der Waals surface area contributed by atoms with Crippen LogP contribution in [0.3, 0.4) is 0 Å². The molecule has 33 heavy (non-hydrogen) atoms. The molecule has 172 valence electrons. The van der Waals surface area contributed by atoms with Gasteiger partial charge in [0.15, 0.2) is 5.78 Å². The molecular weight excluding hydrogens is 454 g/mol. The molecule has 1 aliphatic rings. The number of amides is 3. The minimum Gasteiger partial charge on any atom is -0.351 e. The summed E-state index contributed by atoms with van der Waals surface area (Å²) in [4.78, 5) is 38.6. The van der Waals surface area contributed by atoms with Crippen molar-refractivity contribution < 1.29 is 23.2 Å². The Balaban J connectivity index is 1.51. The molecule has 10 heteroatoms. The summed E-state index contributed by atoms with van der Waals surface area (Å²) in [6.07, 6.45) is -0.242. The van der Waals surface area contributed by atoms with Crippen molar-refractivity contribution in [1.82, 2.24) is 9.47 Å². The van der Waals surface area contributed by atoms with Crippen molar-refractivity contribution >= 4 is 46.0 Å². The maximum Gasteiger partial charge on any atom is 0.323 e.